The summed E-state index contributed by atoms with van der Waals surface area (Å²) in [7, 11) is 0. The number of alkyl halides is 3. The standard InChI is InChI=1S/C13H13F3N2O2/c1-8-5-3-4-6-10(8)11(19)18-12(20,13(14,15)16)7-9(2)17-18/h3-6,20H,7H2,1-2H3/t12-/m1/s1. The Morgan fingerprint density at radius 2 is 1.95 bits per heavy atom. The first-order valence-corrected chi connectivity index (χ1v) is 5.90. The van der Waals surface area contributed by atoms with Crippen LogP contribution in [-0.2, 0) is 0 Å². The number of amides is 1. The van der Waals surface area contributed by atoms with Gasteiger partial charge in [0.05, 0.1) is 0 Å². The summed E-state index contributed by atoms with van der Waals surface area (Å²) in [6, 6.07) is 6.21. The fraction of sp³-hybridized carbons (Fsp3) is 0.385. The molecule has 0 unspecified atom stereocenters. The van der Waals surface area contributed by atoms with Crippen molar-refractivity contribution < 1.29 is 23.1 Å². The lowest BCUT2D eigenvalue weighted by molar-refractivity contribution is -0.297. The molecule has 1 aromatic rings. The summed E-state index contributed by atoms with van der Waals surface area (Å²) in [5.41, 5.74) is -2.64. The van der Waals surface area contributed by atoms with E-state index in [1.54, 1.807) is 25.1 Å². The van der Waals surface area contributed by atoms with Crippen LogP contribution in [0.1, 0.15) is 29.3 Å². The Hall–Kier alpha value is -1.89. The number of hydrogen-bond acceptors (Lipinski definition) is 3. The Labute approximate surface area is 113 Å². The molecule has 1 aromatic carbocycles. The van der Waals surface area contributed by atoms with Gasteiger partial charge in [0.2, 0.25) is 0 Å². The van der Waals surface area contributed by atoms with E-state index < -0.39 is 24.2 Å². The van der Waals surface area contributed by atoms with Crippen LogP contribution in [0.25, 0.3) is 0 Å². The predicted molar refractivity (Wildman–Crippen MR) is 66.1 cm³/mol. The molecule has 1 aliphatic heterocycles. The fourth-order valence-corrected chi connectivity index (χ4v) is 2.08. The van der Waals surface area contributed by atoms with Crippen LogP contribution >= 0.6 is 0 Å². The van der Waals surface area contributed by atoms with Crippen molar-refractivity contribution >= 4 is 11.6 Å². The van der Waals surface area contributed by atoms with E-state index in [0.717, 1.165) is 0 Å². The molecule has 0 aromatic heterocycles. The number of rotatable bonds is 1. The van der Waals surface area contributed by atoms with Gasteiger partial charge in [-0.3, -0.25) is 4.79 Å². The van der Waals surface area contributed by atoms with Crippen LogP contribution in [0.2, 0.25) is 0 Å². The SMILES string of the molecule is CC1=NN(C(=O)c2ccccc2C)[C@](O)(C(F)(F)F)C1. The van der Waals surface area contributed by atoms with Crippen molar-refractivity contribution in [2.75, 3.05) is 0 Å². The summed E-state index contributed by atoms with van der Waals surface area (Å²) in [4.78, 5) is 12.2. The zero-order valence-corrected chi connectivity index (χ0v) is 10.9. The third kappa shape index (κ3) is 2.18. The minimum atomic E-state index is -4.98. The molecule has 1 amide bonds. The van der Waals surface area contributed by atoms with E-state index in [1.807, 2.05) is 0 Å². The zero-order chi connectivity index (χ0) is 15.1. The average Bonchev–Trinajstić information content (AvgIpc) is 2.65. The average molecular weight is 286 g/mol. The number of aryl methyl sites for hydroxylation is 1. The van der Waals surface area contributed by atoms with Gasteiger partial charge in [0, 0.05) is 17.7 Å². The monoisotopic (exact) mass is 286 g/mol. The Kier molecular flexibility index (Phi) is 3.33. The first-order valence-electron chi connectivity index (χ1n) is 5.90. The van der Waals surface area contributed by atoms with Gasteiger partial charge in [-0.1, -0.05) is 18.2 Å². The topological polar surface area (TPSA) is 52.9 Å². The first-order chi connectivity index (χ1) is 9.17. The molecular weight excluding hydrogens is 273 g/mol. The maximum absolute atomic E-state index is 13.0. The van der Waals surface area contributed by atoms with Gasteiger partial charge in [-0.25, -0.2) is 0 Å². The molecule has 0 bridgehead atoms. The molecular formula is C13H13F3N2O2. The van der Waals surface area contributed by atoms with Gasteiger partial charge >= 0.3 is 6.18 Å². The van der Waals surface area contributed by atoms with E-state index in [1.165, 1.54) is 13.0 Å². The van der Waals surface area contributed by atoms with Crippen molar-refractivity contribution in [2.24, 2.45) is 5.10 Å². The van der Waals surface area contributed by atoms with Crippen LogP contribution < -0.4 is 0 Å². The van der Waals surface area contributed by atoms with Gasteiger partial charge in [0.25, 0.3) is 11.6 Å². The van der Waals surface area contributed by atoms with Crippen molar-refractivity contribution in [3.05, 3.63) is 35.4 Å². The lowest BCUT2D eigenvalue weighted by Crippen LogP contribution is -2.56. The van der Waals surface area contributed by atoms with Gasteiger partial charge in [-0.05, 0) is 25.5 Å². The largest absolute Gasteiger partial charge is 0.438 e. The number of hydrogen-bond donors (Lipinski definition) is 1. The highest BCUT2D eigenvalue weighted by Gasteiger charge is 2.62. The lowest BCUT2D eigenvalue weighted by Gasteiger charge is -2.32. The molecule has 0 saturated carbocycles. The summed E-state index contributed by atoms with van der Waals surface area (Å²) in [6.07, 6.45) is -5.72. The number of aliphatic hydroxyl groups is 1. The third-order valence-electron chi connectivity index (χ3n) is 3.15. The second-order valence-corrected chi connectivity index (χ2v) is 4.76. The van der Waals surface area contributed by atoms with Gasteiger partial charge in [0.1, 0.15) is 0 Å². The highest BCUT2D eigenvalue weighted by Crippen LogP contribution is 2.40. The molecule has 0 aliphatic carbocycles. The predicted octanol–water partition coefficient (Wildman–Crippen LogP) is 2.47. The zero-order valence-electron chi connectivity index (χ0n) is 10.9. The van der Waals surface area contributed by atoms with Crippen molar-refractivity contribution in [2.45, 2.75) is 32.2 Å². The summed E-state index contributed by atoms with van der Waals surface area (Å²) in [5.74, 6) is -0.972. The number of nitrogens with zero attached hydrogens (tertiary/aromatic N) is 2. The second-order valence-electron chi connectivity index (χ2n) is 4.76. The highest BCUT2D eigenvalue weighted by atomic mass is 19.4. The van der Waals surface area contributed by atoms with Crippen LogP contribution in [0.4, 0.5) is 13.2 Å². The maximum atomic E-state index is 13.0. The van der Waals surface area contributed by atoms with Crippen LogP contribution in [0, 0.1) is 6.92 Å². The van der Waals surface area contributed by atoms with E-state index >= 15 is 0 Å². The van der Waals surface area contributed by atoms with Crippen molar-refractivity contribution in [3.8, 4) is 0 Å². The molecule has 4 nitrogen and oxygen atoms in total. The summed E-state index contributed by atoms with van der Waals surface area (Å²) < 4.78 is 39.1. The van der Waals surface area contributed by atoms with Crippen LogP contribution in [0.5, 0.6) is 0 Å². The first kappa shape index (κ1) is 14.5. The quantitative estimate of drug-likeness (QED) is 0.862. The third-order valence-corrected chi connectivity index (χ3v) is 3.15. The van der Waals surface area contributed by atoms with E-state index in [4.69, 9.17) is 0 Å². The molecule has 1 heterocycles. The molecule has 1 aliphatic rings. The number of halogens is 3. The van der Waals surface area contributed by atoms with Crippen LogP contribution in [-0.4, -0.2) is 33.6 Å². The molecule has 7 heteroatoms. The number of benzene rings is 1. The van der Waals surface area contributed by atoms with E-state index in [-0.39, 0.29) is 16.3 Å². The second kappa shape index (κ2) is 4.59. The molecule has 0 fully saturated rings. The van der Waals surface area contributed by atoms with E-state index in [2.05, 4.69) is 5.10 Å². The van der Waals surface area contributed by atoms with Gasteiger partial charge < -0.3 is 5.11 Å². The Bertz CT molecular complexity index is 583. The van der Waals surface area contributed by atoms with Crippen molar-refractivity contribution in [3.63, 3.8) is 0 Å². The highest BCUT2D eigenvalue weighted by molar-refractivity contribution is 5.98. The summed E-state index contributed by atoms with van der Waals surface area (Å²) in [5, 5.41) is 13.5. The van der Waals surface area contributed by atoms with Crippen molar-refractivity contribution in [1.82, 2.24) is 5.01 Å². The minimum Gasteiger partial charge on any atom is -0.362 e. The molecule has 20 heavy (non-hydrogen) atoms. The van der Waals surface area contributed by atoms with Crippen LogP contribution in [0.15, 0.2) is 29.4 Å². The number of hydrazone groups is 1. The molecule has 1 atom stereocenters. The normalized spacial score (nSPS) is 22.9. The molecule has 108 valence electrons. The number of carbonyl (C=O) groups excluding carboxylic acids is 1. The molecule has 1 N–H and O–H groups in total. The molecule has 2 rings (SSSR count). The smallest absolute Gasteiger partial charge is 0.362 e. The Morgan fingerprint density at radius 1 is 1.35 bits per heavy atom. The van der Waals surface area contributed by atoms with Gasteiger partial charge in [0.15, 0.2) is 0 Å². The minimum absolute atomic E-state index is 0.0479. The van der Waals surface area contributed by atoms with Crippen molar-refractivity contribution in [1.29, 1.82) is 0 Å². The van der Waals surface area contributed by atoms with Gasteiger partial charge in [-0.15, -0.1) is 0 Å². The van der Waals surface area contributed by atoms with E-state index in [9.17, 15) is 23.1 Å². The summed E-state index contributed by atoms with van der Waals surface area (Å²) >= 11 is 0. The summed E-state index contributed by atoms with van der Waals surface area (Å²) in [6.45, 7) is 2.94. The number of carbonyl (C=O) groups is 1. The fourth-order valence-electron chi connectivity index (χ4n) is 2.08. The molecule has 0 spiro atoms. The van der Waals surface area contributed by atoms with E-state index in [0.29, 0.717) is 5.56 Å². The lowest BCUT2D eigenvalue weighted by atomic mass is 10.0. The Balaban J connectivity index is 2.45. The Morgan fingerprint density at radius 3 is 2.50 bits per heavy atom. The molecule has 0 radical (unpaired) electrons. The molecule has 0 saturated heterocycles. The van der Waals surface area contributed by atoms with Crippen LogP contribution in [0.3, 0.4) is 0 Å². The van der Waals surface area contributed by atoms with Gasteiger partial charge in [-0.2, -0.15) is 23.3 Å². The maximum Gasteiger partial charge on any atom is 0.438 e.